The normalized spacial score (nSPS) is 16.4. The lowest BCUT2D eigenvalue weighted by atomic mass is 10.0. The second-order valence-electron chi connectivity index (χ2n) is 19.3. The van der Waals surface area contributed by atoms with Gasteiger partial charge in [0.05, 0.1) is 22.4 Å². The van der Waals surface area contributed by atoms with Crippen LogP contribution in [-0.2, 0) is 9.47 Å². The zero-order valence-electron chi connectivity index (χ0n) is 40.0. The first-order valence-electron chi connectivity index (χ1n) is 24.6. The molecule has 2 aliphatic heterocycles. The smallest absolute Gasteiger partial charge is 0.251 e. The van der Waals surface area contributed by atoms with Crippen LogP contribution in [-0.4, -0.2) is 82.5 Å². The van der Waals surface area contributed by atoms with E-state index >= 15 is 0 Å². The SMILES string of the molecule is Cc1cc(-n2cnc3c(NCC4CCOCC4)cc(Br)cc32)ccc1C(=O)NC1CC1.Cc1ccc(F)cc1Oc1cc(NCC2CCOCC2)c2ncn(-c3ccc(C(=O)NC4CC4)c(C)c3)c2c1. The van der Waals surface area contributed by atoms with E-state index in [9.17, 15) is 14.0 Å². The Morgan fingerprint density at radius 3 is 1.63 bits per heavy atom. The molecule has 2 aliphatic carbocycles. The molecule has 0 spiro atoms. The monoisotopic (exact) mass is 1010 g/mol. The fourth-order valence-corrected chi connectivity index (χ4v) is 9.66. The van der Waals surface area contributed by atoms with Gasteiger partial charge in [-0.25, -0.2) is 14.4 Å². The number of aryl methyl sites for hydroxylation is 3. The number of rotatable bonds is 14. The maximum atomic E-state index is 14.0. The van der Waals surface area contributed by atoms with Crippen LogP contribution in [0.1, 0.15) is 88.8 Å². The molecule has 7 aromatic rings. The number of nitrogens with one attached hydrogen (secondary N) is 4. The first-order valence-corrected chi connectivity index (χ1v) is 25.4. The third-order valence-corrected chi connectivity index (χ3v) is 14.2. The number of carbonyl (C=O) groups is 2. The van der Waals surface area contributed by atoms with Gasteiger partial charge in [0.15, 0.2) is 0 Å². The summed E-state index contributed by atoms with van der Waals surface area (Å²) in [5, 5.41) is 13.3. The van der Waals surface area contributed by atoms with Crippen molar-refractivity contribution in [1.29, 1.82) is 0 Å². The average Bonchev–Trinajstić information content (AvgIpc) is 4.28. The molecule has 0 unspecified atom stereocenters. The molecule has 4 N–H and O–H groups in total. The maximum absolute atomic E-state index is 14.0. The first-order chi connectivity index (χ1) is 34.0. The maximum Gasteiger partial charge on any atom is 0.251 e. The van der Waals surface area contributed by atoms with Crippen molar-refractivity contribution in [3.05, 3.63) is 130 Å². The third-order valence-electron chi connectivity index (χ3n) is 13.8. The highest BCUT2D eigenvalue weighted by molar-refractivity contribution is 9.10. The summed E-state index contributed by atoms with van der Waals surface area (Å²) in [5.41, 5.74) is 11.6. The number of hydrogen-bond acceptors (Lipinski definition) is 9. The van der Waals surface area contributed by atoms with Crippen molar-refractivity contribution < 1.29 is 28.2 Å². The predicted molar refractivity (Wildman–Crippen MR) is 276 cm³/mol. The summed E-state index contributed by atoms with van der Waals surface area (Å²) in [6.07, 6.45) is 12.1. The van der Waals surface area contributed by atoms with E-state index in [4.69, 9.17) is 24.2 Å². The van der Waals surface area contributed by atoms with Gasteiger partial charge in [-0.1, -0.05) is 22.0 Å². The number of amides is 2. The fraction of sp³-hybridized carbons (Fsp3) is 0.382. The molecule has 5 aromatic carbocycles. The van der Waals surface area contributed by atoms with Gasteiger partial charge < -0.3 is 35.5 Å². The summed E-state index contributed by atoms with van der Waals surface area (Å²) >= 11 is 3.66. The number of halogens is 2. The number of fused-ring (bicyclic) bond motifs is 2. The van der Waals surface area contributed by atoms with Crippen molar-refractivity contribution in [2.24, 2.45) is 11.8 Å². The van der Waals surface area contributed by atoms with Gasteiger partial charge in [0.25, 0.3) is 11.8 Å². The van der Waals surface area contributed by atoms with Crippen LogP contribution in [0.3, 0.4) is 0 Å². The molecule has 0 atom stereocenters. The van der Waals surface area contributed by atoms with Crippen LogP contribution >= 0.6 is 15.9 Å². The molecule has 4 aliphatic rings. The van der Waals surface area contributed by atoms with Gasteiger partial charge in [-0.3, -0.25) is 18.7 Å². The van der Waals surface area contributed by atoms with Crippen LogP contribution in [0.25, 0.3) is 33.4 Å². The number of aromatic nitrogens is 4. The van der Waals surface area contributed by atoms with Crippen molar-refractivity contribution in [3.8, 4) is 22.9 Å². The van der Waals surface area contributed by atoms with Gasteiger partial charge in [-0.05, 0) is 155 Å². The van der Waals surface area contributed by atoms with Gasteiger partial charge in [-0.15, -0.1) is 0 Å². The minimum atomic E-state index is -0.346. The van der Waals surface area contributed by atoms with E-state index in [1.807, 2.05) is 74.1 Å². The number of imidazole rings is 2. The Balaban J connectivity index is 0.000000166. The lowest BCUT2D eigenvalue weighted by Gasteiger charge is -2.23. The topological polar surface area (TPSA) is 146 Å². The van der Waals surface area contributed by atoms with Gasteiger partial charge in [0.2, 0.25) is 0 Å². The van der Waals surface area contributed by atoms with Crippen LogP contribution in [0, 0.1) is 38.4 Å². The molecule has 2 saturated heterocycles. The minimum Gasteiger partial charge on any atom is -0.457 e. The van der Waals surface area contributed by atoms with Crippen molar-refractivity contribution in [3.63, 3.8) is 0 Å². The quantitative estimate of drug-likeness (QED) is 0.0836. The highest BCUT2D eigenvalue weighted by Gasteiger charge is 2.26. The molecular weight excluding hydrogens is 952 g/mol. The second-order valence-corrected chi connectivity index (χ2v) is 20.2. The summed E-state index contributed by atoms with van der Waals surface area (Å²) in [6, 6.07) is 25.0. The standard InChI is InChI=1S/C31H33FN4O3.C24H27BrN4O2/c1-19-3-4-22(32)14-29(19)39-25-15-27(33-17-21-9-11-38-12-10-21)30-28(16-25)36(18-34-30)24-7-8-26(20(2)13-24)31(37)35-23-5-6-23;1-15-10-19(4-5-20(15)24(30)28-18-2-3-18)29-14-27-23-21(11-17(25)12-22(23)29)26-13-16-6-8-31-9-7-16/h3-4,7-8,13-16,18,21,23,33H,5-6,9-12,17H2,1-2H3,(H,35,37);4-5,10-12,14,16,18,26H,2-3,6-9,13H2,1H3,(H,28,30). The van der Waals surface area contributed by atoms with Crippen molar-refractivity contribution in [1.82, 2.24) is 29.7 Å². The molecule has 70 heavy (non-hydrogen) atoms. The lowest BCUT2D eigenvalue weighted by Crippen LogP contribution is -2.26. The molecule has 2 aromatic heterocycles. The molecule has 0 radical (unpaired) electrons. The fourth-order valence-electron chi connectivity index (χ4n) is 9.22. The van der Waals surface area contributed by atoms with E-state index in [0.717, 1.165) is 162 Å². The molecule has 0 bridgehead atoms. The first kappa shape index (κ1) is 47.4. The summed E-state index contributed by atoms with van der Waals surface area (Å²) in [5.74, 6) is 1.84. The largest absolute Gasteiger partial charge is 0.457 e. The highest BCUT2D eigenvalue weighted by atomic mass is 79.9. The zero-order chi connectivity index (χ0) is 48.3. The molecule has 13 nitrogen and oxygen atoms in total. The number of nitrogens with zero attached hydrogens (tertiary/aromatic N) is 4. The number of benzene rings is 5. The Morgan fingerprint density at radius 1 is 0.629 bits per heavy atom. The van der Waals surface area contributed by atoms with Crippen LogP contribution in [0.4, 0.5) is 15.8 Å². The molecule has 364 valence electrons. The van der Waals surface area contributed by atoms with E-state index in [-0.39, 0.29) is 17.6 Å². The Hall–Kier alpha value is -6.29. The summed E-state index contributed by atoms with van der Waals surface area (Å²) in [4.78, 5) is 34.6. The third kappa shape index (κ3) is 11.2. The number of carbonyl (C=O) groups excluding carboxylic acids is 2. The average molecular weight is 1010 g/mol. The number of hydrogen-bond donors (Lipinski definition) is 4. The summed E-state index contributed by atoms with van der Waals surface area (Å²) < 4.78 is 36.3. The molecule has 4 fully saturated rings. The summed E-state index contributed by atoms with van der Waals surface area (Å²) in [6.45, 7) is 10.8. The predicted octanol–water partition coefficient (Wildman–Crippen LogP) is 11.1. The van der Waals surface area contributed by atoms with Crippen LogP contribution in [0.2, 0.25) is 0 Å². The zero-order valence-corrected chi connectivity index (χ0v) is 41.5. The molecule has 11 rings (SSSR count). The highest BCUT2D eigenvalue weighted by Crippen LogP contribution is 2.36. The second kappa shape index (κ2) is 21.0. The van der Waals surface area contributed by atoms with E-state index in [2.05, 4.69) is 60.0 Å². The molecule has 4 heterocycles. The Kier molecular flexibility index (Phi) is 14.2. The Morgan fingerprint density at radius 2 is 1.13 bits per heavy atom. The van der Waals surface area contributed by atoms with Crippen LogP contribution < -0.4 is 26.0 Å². The molecule has 2 amide bonds. The van der Waals surface area contributed by atoms with Gasteiger partial charge >= 0.3 is 0 Å². The minimum absolute atomic E-state index is 0.0179. The van der Waals surface area contributed by atoms with Gasteiger partial charge in [0, 0.05) is 96.8 Å². The molecule has 15 heteroatoms. The summed E-state index contributed by atoms with van der Waals surface area (Å²) in [7, 11) is 0. The Bertz CT molecular complexity index is 3040. The van der Waals surface area contributed by atoms with Crippen molar-refractivity contribution >= 4 is 61.2 Å². The van der Waals surface area contributed by atoms with E-state index in [1.165, 1.54) is 12.1 Å². The molecule has 2 saturated carbocycles. The Labute approximate surface area is 416 Å². The van der Waals surface area contributed by atoms with Crippen molar-refractivity contribution in [2.75, 3.05) is 50.2 Å². The van der Waals surface area contributed by atoms with Crippen molar-refractivity contribution in [2.45, 2.75) is 84.2 Å². The van der Waals surface area contributed by atoms with Crippen LogP contribution in [0.15, 0.2) is 96.0 Å². The van der Waals surface area contributed by atoms with E-state index in [0.29, 0.717) is 41.0 Å². The van der Waals surface area contributed by atoms with Gasteiger partial charge in [-0.2, -0.15) is 0 Å². The lowest BCUT2D eigenvalue weighted by molar-refractivity contribution is 0.0698. The van der Waals surface area contributed by atoms with E-state index < -0.39 is 0 Å². The number of anilines is 2. The van der Waals surface area contributed by atoms with Gasteiger partial charge in [0.1, 0.15) is 41.0 Å². The van der Waals surface area contributed by atoms with Crippen LogP contribution in [0.5, 0.6) is 11.5 Å². The van der Waals surface area contributed by atoms with E-state index in [1.54, 1.807) is 12.4 Å². The number of ether oxygens (including phenoxy) is 3. The molecular formula is C55H60BrFN8O5.